The van der Waals surface area contributed by atoms with Gasteiger partial charge in [0.05, 0.1) is 5.41 Å². The van der Waals surface area contributed by atoms with Crippen LogP contribution in [-0.4, -0.2) is 12.5 Å². The van der Waals surface area contributed by atoms with E-state index in [4.69, 9.17) is 11.6 Å². The fourth-order valence-electron chi connectivity index (χ4n) is 2.37. The normalized spacial score (nSPS) is 17.3. The summed E-state index contributed by atoms with van der Waals surface area (Å²) >= 11 is 6.01. The number of amides is 1. The second-order valence-electron chi connectivity index (χ2n) is 4.70. The molecule has 0 saturated heterocycles. The highest BCUT2D eigenvalue weighted by atomic mass is 35.5. The van der Waals surface area contributed by atoms with Gasteiger partial charge in [-0.1, -0.05) is 37.1 Å². The second-order valence-corrected chi connectivity index (χ2v) is 5.14. The summed E-state index contributed by atoms with van der Waals surface area (Å²) in [5.74, 6) is 0.160. The molecule has 17 heavy (non-hydrogen) atoms. The molecular formula is C14H18ClNO. The Labute approximate surface area is 107 Å². The molecule has 0 spiro atoms. The summed E-state index contributed by atoms with van der Waals surface area (Å²) < 4.78 is 0. The zero-order valence-corrected chi connectivity index (χ0v) is 10.9. The van der Waals surface area contributed by atoms with Crippen molar-refractivity contribution in [1.82, 2.24) is 5.32 Å². The Balaban J connectivity index is 2.22. The highest BCUT2D eigenvalue weighted by molar-refractivity contribution is 6.30. The highest BCUT2D eigenvalue weighted by Gasteiger charge is 2.45. The first-order valence-electron chi connectivity index (χ1n) is 6.23. The second kappa shape index (κ2) is 5.09. The van der Waals surface area contributed by atoms with Crippen LogP contribution in [0.1, 0.15) is 38.2 Å². The molecule has 0 aliphatic heterocycles. The van der Waals surface area contributed by atoms with E-state index in [-0.39, 0.29) is 11.3 Å². The Morgan fingerprint density at radius 3 is 2.76 bits per heavy atom. The summed E-state index contributed by atoms with van der Waals surface area (Å²) in [6.07, 6.45) is 3.95. The van der Waals surface area contributed by atoms with Crippen LogP contribution in [0.4, 0.5) is 0 Å². The van der Waals surface area contributed by atoms with Crippen LogP contribution in [0, 0.1) is 0 Å². The minimum absolute atomic E-state index is 0.160. The predicted molar refractivity (Wildman–Crippen MR) is 70.3 cm³/mol. The number of rotatable bonds is 4. The monoisotopic (exact) mass is 251 g/mol. The number of halogens is 1. The van der Waals surface area contributed by atoms with E-state index in [1.807, 2.05) is 24.3 Å². The summed E-state index contributed by atoms with van der Waals surface area (Å²) in [6, 6.07) is 7.70. The first kappa shape index (κ1) is 12.4. The van der Waals surface area contributed by atoms with Crippen molar-refractivity contribution in [3.63, 3.8) is 0 Å². The Kier molecular flexibility index (Phi) is 3.72. The summed E-state index contributed by atoms with van der Waals surface area (Å²) in [6.45, 7) is 2.81. The van der Waals surface area contributed by atoms with E-state index < -0.39 is 0 Å². The molecule has 1 aromatic rings. The molecule has 0 heterocycles. The molecule has 3 heteroatoms. The van der Waals surface area contributed by atoms with Crippen molar-refractivity contribution >= 4 is 17.5 Å². The maximum absolute atomic E-state index is 12.3. The smallest absolute Gasteiger partial charge is 0.230 e. The van der Waals surface area contributed by atoms with Gasteiger partial charge in [0.1, 0.15) is 0 Å². The maximum atomic E-state index is 12.3. The van der Waals surface area contributed by atoms with Gasteiger partial charge >= 0.3 is 0 Å². The molecule has 2 rings (SSSR count). The van der Waals surface area contributed by atoms with Crippen LogP contribution in [0.5, 0.6) is 0 Å². The Morgan fingerprint density at radius 1 is 1.47 bits per heavy atom. The minimum atomic E-state index is -0.319. The summed E-state index contributed by atoms with van der Waals surface area (Å²) in [7, 11) is 0. The van der Waals surface area contributed by atoms with Crippen molar-refractivity contribution in [3.05, 3.63) is 34.9 Å². The maximum Gasteiger partial charge on any atom is 0.230 e. The number of hydrogen-bond donors (Lipinski definition) is 1. The molecular weight excluding hydrogens is 234 g/mol. The molecule has 2 nitrogen and oxygen atoms in total. The van der Waals surface area contributed by atoms with E-state index in [1.165, 1.54) is 0 Å². The number of carbonyl (C=O) groups excluding carboxylic acids is 1. The Hall–Kier alpha value is -1.02. The highest BCUT2D eigenvalue weighted by Crippen LogP contribution is 2.44. The molecule has 0 aromatic heterocycles. The molecule has 0 atom stereocenters. The number of carbonyl (C=O) groups is 1. The van der Waals surface area contributed by atoms with E-state index in [2.05, 4.69) is 12.2 Å². The lowest BCUT2D eigenvalue weighted by Crippen LogP contribution is -2.49. The van der Waals surface area contributed by atoms with Crippen molar-refractivity contribution in [2.75, 3.05) is 6.54 Å². The third-order valence-corrected chi connectivity index (χ3v) is 3.79. The third kappa shape index (κ3) is 2.32. The molecule has 1 N–H and O–H groups in total. The third-order valence-electron chi connectivity index (χ3n) is 3.55. The van der Waals surface area contributed by atoms with Gasteiger partial charge in [-0.25, -0.2) is 0 Å². The minimum Gasteiger partial charge on any atom is -0.355 e. The molecule has 1 amide bonds. The summed E-state index contributed by atoms with van der Waals surface area (Å²) in [4.78, 5) is 12.3. The predicted octanol–water partition coefficient (Wildman–Crippen LogP) is 3.29. The molecule has 1 aliphatic rings. The molecule has 92 valence electrons. The zero-order valence-electron chi connectivity index (χ0n) is 10.1. The fourth-order valence-corrected chi connectivity index (χ4v) is 2.56. The number of benzene rings is 1. The van der Waals surface area contributed by atoms with Gasteiger partial charge in [-0.05, 0) is 37.0 Å². The van der Waals surface area contributed by atoms with Crippen LogP contribution in [0.15, 0.2) is 24.3 Å². The van der Waals surface area contributed by atoms with Gasteiger partial charge in [0.2, 0.25) is 5.91 Å². The average molecular weight is 252 g/mol. The largest absolute Gasteiger partial charge is 0.355 e. The first-order valence-corrected chi connectivity index (χ1v) is 6.61. The van der Waals surface area contributed by atoms with Gasteiger partial charge in [-0.2, -0.15) is 0 Å². The van der Waals surface area contributed by atoms with Crippen molar-refractivity contribution in [3.8, 4) is 0 Å². The average Bonchev–Trinajstić information content (AvgIpc) is 2.25. The molecule has 1 aliphatic carbocycles. The van der Waals surface area contributed by atoms with E-state index >= 15 is 0 Å². The topological polar surface area (TPSA) is 29.1 Å². The zero-order chi connectivity index (χ0) is 12.3. The SMILES string of the molecule is CCCNC(=O)C1(c2cccc(Cl)c2)CCC1. The molecule has 0 bridgehead atoms. The van der Waals surface area contributed by atoms with Gasteiger partial charge in [0.15, 0.2) is 0 Å². The van der Waals surface area contributed by atoms with Gasteiger partial charge in [0.25, 0.3) is 0 Å². The van der Waals surface area contributed by atoms with E-state index in [9.17, 15) is 4.79 Å². The lowest BCUT2D eigenvalue weighted by molar-refractivity contribution is -0.129. The van der Waals surface area contributed by atoms with Crippen molar-refractivity contribution in [2.45, 2.75) is 38.0 Å². The Bertz CT molecular complexity index is 412. The van der Waals surface area contributed by atoms with Gasteiger partial charge in [-0.3, -0.25) is 4.79 Å². The molecule has 0 radical (unpaired) electrons. The van der Waals surface area contributed by atoms with E-state index in [0.717, 1.165) is 37.8 Å². The van der Waals surface area contributed by atoms with Crippen LogP contribution in [0.3, 0.4) is 0 Å². The Morgan fingerprint density at radius 2 is 2.24 bits per heavy atom. The summed E-state index contributed by atoms with van der Waals surface area (Å²) in [5, 5.41) is 3.72. The van der Waals surface area contributed by atoms with Crippen molar-refractivity contribution in [1.29, 1.82) is 0 Å². The lowest BCUT2D eigenvalue weighted by Gasteiger charge is -2.40. The van der Waals surface area contributed by atoms with Crippen LogP contribution in [0.25, 0.3) is 0 Å². The van der Waals surface area contributed by atoms with Crippen molar-refractivity contribution < 1.29 is 4.79 Å². The molecule has 1 fully saturated rings. The quantitative estimate of drug-likeness (QED) is 0.874. The molecule has 0 unspecified atom stereocenters. The van der Waals surface area contributed by atoms with E-state index in [0.29, 0.717) is 5.02 Å². The molecule has 1 aromatic carbocycles. The fraction of sp³-hybridized carbons (Fsp3) is 0.500. The number of nitrogens with one attached hydrogen (secondary N) is 1. The first-order chi connectivity index (χ1) is 8.19. The standard InChI is InChI=1S/C14H18ClNO/c1-2-9-16-13(17)14(7-4-8-14)11-5-3-6-12(15)10-11/h3,5-6,10H,2,4,7-9H2,1H3,(H,16,17). The van der Waals surface area contributed by atoms with Crippen LogP contribution in [-0.2, 0) is 10.2 Å². The van der Waals surface area contributed by atoms with Gasteiger partial charge < -0.3 is 5.32 Å². The van der Waals surface area contributed by atoms with E-state index in [1.54, 1.807) is 0 Å². The van der Waals surface area contributed by atoms with Crippen molar-refractivity contribution in [2.24, 2.45) is 0 Å². The van der Waals surface area contributed by atoms with Crippen LogP contribution >= 0.6 is 11.6 Å². The summed E-state index contributed by atoms with van der Waals surface area (Å²) in [5.41, 5.74) is 0.741. The van der Waals surface area contributed by atoms with Gasteiger partial charge in [0, 0.05) is 11.6 Å². The van der Waals surface area contributed by atoms with Crippen LogP contribution < -0.4 is 5.32 Å². The lowest BCUT2D eigenvalue weighted by atomic mass is 9.64. The van der Waals surface area contributed by atoms with Gasteiger partial charge in [-0.15, -0.1) is 0 Å². The molecule has 1 saturated carbocycles. The number of hydrogen-bond acceptors (Lipinski definition) is 1. The van der Waals surface area contributed by atoms with Crippen LogP contribution in [0.2, 0.25) is 5.02 Å².